The fraction of sp³-hybridized carbons (Fsp3) is 0.647. The maximum Gasteiger partial charge on any atom is 0.0233 e. The Bertz CT molecular complexity index is 367. The van der Waals surface area contributed by atoms with Crippen molar-refractivity contribution >= 4 is 12.4 Å². The summed E-state index contributed by atoms with van der Waals surface area (Å²) in [7, 11) is 2.06. The van der Waals surface area contributed by atoms with Crippen LogP contribution in [0.2, 0.25) is 0 Å². The minimum atomic E-state index is 0. The molecule has 1 aliphatic rings. The van der Waals surface area contributed by atoms with E-state index in [-0.39, 0.29) is 12.4 Å². The highest BCUT2D eigenvalue weighted by Gasteiger charge is 2.18. The molecule has 0 unspecified atom stereocenters. The molecule has 0 amide bonds. The molecular weight excluding hydrogens is 268 g/mol. The first-order chi connectivity index (χ1) is 9.19. The van der Waals surface area contributed by atoms with Crippen molar-refractivity contribution in [3.63, 3.8) is 0 Å². The lowest BCUT2D eigenvalue weighted by Gasteiger charge is -2.31. The van der Waals surface area contributed by atoms with Crippen molar-refractivity contribution in [1.29, 1.82) is 0 Å². The molecule has 114 valence electrons. The quantitative estimate of drug-likeness (QED) is 0.892. The van der Waals surface area contributed by atoms with Gasteiger partial charge in [0.1, 0.15) is 0 Å². The number of halogens is 1. The summed E-state index contributed by atoms with van der Waals surface area (Å²) < 4.78 is 0. The fourth-order valence-corrected chi connectivity index (χ4v) is 2.90. The van der Waals surface area contributed by atoms with E-state index in [0.29, 0.717) is 5.92 Å². The minimum Gasteiger partial charge on any atom is -0.319 e. The van der Waals surface area contributed by atoms with Crippen LogP contribution >= 0.6 is 12.4 Å². The lowest BCUT2D eigenvalue weighted by atomic mass is 9.96. The second-order valence-corrected chi connectivity index (χ2v) is 6.17. The van der Waals surface area contributed by atoms with E-state index in [0.717, 1.165) is 12.5 Å². The molecule has 0 spiro atoms. The number of hydrogen-bond donors (Lipinski definition) is 1. The van der Waals surface area contributed by atoms with Crippen molar-refractivity contribution < 1.29 is 0 Å². The van der Waals surface area contributed by atoms with Gasteiger partial charge < -0.3 is 5.32 Å². The molecule has 2 rings (SSSR count). The fourth-order valence-electron chi connectivity index (χ4n) is 2.90. The van der Waals surface area contributed by atoms with Gasteiger partial charge in [0.15, 0.2) is 0 Å². The zero-order valence-electron chi connectivity index (χ0n) is 13.1. The van der Waals surface area contributed by atoms with E-state index in [4.69, 9.17) is 0 Å². The van der Waals surface area contributed by atoms with Gasteiger partial charge in [-0.2, -0.15) is 0 Å². The third-order valence-electron chi connectivity index (χ3n) is 4.25. The average molecular weight is 297 g/mol. The molecule has 1 heterocycles. The molecule has 20 heavy (non-hydrogen) atoms. The van der Waals surface area contributed by atoms with E-state index >= 15 is 0 Å². The lowest BCUT2D eigenvalue weighted by molar-refractivity contribution is 0.177. The number of nitrogens with zero attached hydrogens (tertiary/aromatic N) is 1. The minimum absolute atomic E-state index is 0. The van der Waals surface area contributed by atoms with Gasteiger partial charge in [0, 0.05) is 6.54 Å². The van der Waals surface area contributed by atoms with Gasteiger partial charge in [0.05, 0.1) is 0 Å². The normalized spacial score (nSPS) is 17.2. The van der Waals surface area contributed by atoms with E-state index in [9.17, 15) is 0 Å². The van der Waals surface area contributed by atoms with Crippen LogP contribution in [0.15, 0.2) is 24.3 Å². The van der Waals surface area contributed by atoms with Crippen molar-refractivity contribution in [3.8, 4) is 0 Å². The zero-order chi connectivity index (χ0) is 13.7. The Labute approximate surface area is 130 Å². The summed E-state index contributed by atoms with van der Waals surface area (Å²) in [4.78, 5) is 2.59. The Hall–Kier alpha value is -0.570. The monoisotopic (exact) mass is 296 g/mol. The smallest absolute Gasteiger partial charge is 0.0233 e. The first-order valence-corrected chi connectivity index (χ1v) is 7.65. The number of rotatable bonds is 5. The molecule has 1 N–H and O–H groups in total. The first-order valence-electron chi connectivity index (χ1n) is 7.65. The van der Waals surface area contributed by atoms with Crippen LogP contribution in [-0.2, 0) is 6.54 Å². The highest BCUT2D eigenvalue weighted by molar-refractivity contribution is 5.85. The van der Waals surface area contributed by atoms with E-state index in [1.165, 1.54) is 43.6 Å². The maximum atomic E-state index is 3.30. The van der Waals surface area contributed by atoms with Gasteiger partial charge in [-0.1, -0.05) is 38.1 Å². The summed E-state index contributed by atoms with van der Waals surface area (Å²) in [5.41, 5.74) is 2.90. The second kappa shape index (κ2) is 8.66. The van der Waals surface area contributed by atoms with Gasteiger partial charge in [-0.25, -0.2) is 0 Å². The summed E-state index contributed by atoms with van der Waals surface area (Å²) in [6, 6.07) is 9.17. The molecular formula is C17H29ClN2. The number of piperidine rings is 1. The highest BCUT2D eigenvalue weighted by Crippen LogP contribution is 2.20. The van der Waals surface area contributed by atoms with Crippen molar-refractivity contribution in [3.05, 3.63) is 35.4 Å². The van der Waals surface area contributed by atoms with Crippen molar-refractivity contribution in [2.75, 3.05) is 26.7 Å². The molecule has 0 saturated carbocycles. The molecule has 1 aromatic carbocycles. The van der Waals surface area contributed by atoms with E-state index in [1.54, 1.807) is 0 Å². The van der Waals surface area contributed by atoms with Gasteiger partial charge in [-0.3, -0.25) is 4.90 Å². The predicted molar refractivity (Wildman–Crippen MR) is 89.7 cm³/mol. The van der Waals surface area contributed by atoms with Gasteiger partial charge in [-0.05, 0) is 62.5 Å². The SMILES string of the molecule is CNCC1CCN(Cc2ccc(C(C)C)cc2)CC1.Cl. The number of nitrogens with one attached hydrogen (secondary N) is 1. The third-order valence-corrected chi connectivity index (χ3v) is 4.25. The standard InChI is InChI=1S/C17H28N2.ClH/c1-14(2)17-6-4-16(5-7-17)13-19-10-8-15(9-11-19)12-18-3;/h4-7,14-15,18H,8-13H2,1-3H3;1H. The summed E-state index contributed by atoms with van der Waals surface area (Å²) in [5.74, 6) is 1.51. The topological polar surface area (TPSA) is 15.3 Å². The zero-order valence-corrected chi connectivity index (χ0v) is 13.9. The van der Waals surface area contributed by atoms with Crippen LogP contribution in [0.1, 0.15) is 43.7 Å². The van der Waals surface area contributed by atoms with E-state index < -0.39 is 0 Å². The molecule has 0 radical (unpaired) electrons. The summed E-state index contributed by atoms with van der Waals surface area (Å²) in [6.45, 7) is 9.29. The summed E-state index contributed by atoms with van der Waals surface area (Å²) in [6.07, 6.45) is 2.68. The Morgan fingerprint density at radius 2 is 1.75 bits per heavy atom. The van der Waals surface area contributed by atoms with Crippen LogP contribution in [0.3, 0.4) is 0 Å². The van der Waals surface area contributed by atoms with Gasteiger partial charge in [0.25, 0.3) is 0 Å². The number of likely N-dealkylation sites (tertiary alicyclic amines) is 1. The van der Waals surface area contributed by atoms with Gasteiger partial charge in [-0.15, -0.1) is 12.4 Å². The number of hydrogen-bond acceptors (Lipinski definition) is 2. The van der Waals surface area contributed by atoms with E-state index in [2.05, 4.69) is 55.4 Å². The van der Waals surface area contributed by atoms with E-state index in [1.807, 2.05) is 0 Å². The Balaban J connectivity index is 0.00000200. The molecule has 0 atom stereocenters. The lowest BCUT2D eigenvalue weighted by Crippen LogP contribution is -2.36. The van der Waals surface area contributed by atoms with Crippen LogP contribution in [0.5, 0.6) is 0 Å². The molecule has 0 aliphatic carbocycles. The maximum absolute atomic E-state index is 3.30. The highest BCUT2D eigenvalue weighted by atomic mass is 35.5. The van der Waals surface area contributed by atoms with Gasteiger partial charge in [0.2, 0.25) is 0 Å². The first kappa shape index (κ1) is 17.5. The molecule has 2 nitrogen and oxygen atoms in total. The summed E-state index contributed by atoms with van der Waals surface area (Å²) >= 11 is 0. The molecule has 1 aliphatic heterocycles. The molecule has 1 aromatic rings. The second-order valence-electron chi connectivity index (χ2n) is 6.17. The van der Waals surface area contributed by atoms with Crippen LogP contribution in [0, 0.1) is 5.92 Å². The Morgan fingerprint density at radius 3 is 2.25 bits per heavy atom. The molecule has 3 heteroatoms. The Morgan fingerprint density at radius 1 is 1.15 bits per heavy atom. The molecule has 0 bridgehead atoms. The van der Waals surface area contributed by atoms with Crippen LogP contribution in [-0.4, -0.2) is 31.6 Å². The van der Waals surface area contributed by atoms with Gasteiger partial charge >= 0.3 is 0 Å². The number of benzene rings is 1. The predicted octanol–water partition coefficient (Wildman–Crippen LogP) is 3.66. The third kappa shape index (κ3) is 5.08. The van der Waals surface area contributed by atoms with Crippen molar-refractivity contribution in [2.45, 2.75) is 39.2 Å². The van der Waals surface area contributed by atoms with Crippen LogP contribution in [0.25, 0.3) is 0 Å². The average Bonchev–Trinajstić information content (AvgIpc) is 2.42. The van der Waals surface area contributed by atoms with Crippen molar-refractivity contribution in [2.24, 2.45) is 5.92 Å². The largest absolute Gasteiger partial charge is 0.319 e. The molecule has 1 saturated heterocycles. The van der Waals surface area contributed by atoms with Crippen LogP contribution < -0.4 is 5.32 Å². The summed E-state index contributed by atoms with van der Waals surface area (Å²) in [5, 5.41) is 3.30. The van der Waals surface area contributed by atoms with Crippen molar-refractivity contribution in [1.82, 2.24) is 10.2 Å². The molecule has 1 fully saturated rings. The Kier molecular flexibility index (Phi) is 7.57. The van der Waals surface area contributed by atoms with Crippen LogP contribution in [0.4, 0.5) is 0 Å². The molecule has 0 aromatic heterocycles.